The van der Waals surface area contributed by atoms with Crippen molar-refractivity contribution in [3.05, 3.63) is 16.0 Å². The highest BCUT2D eigenvalue weighted by Crippen LogP contribution is 2.39. The van der Waals surface area contributed by atoms with Crippen LogP contribution in [0.5, 0.6) is 0 Å². The lowest BCUT2D eigenvalue weighted by Crippen LogP contribution is -2.15. The molecule has 0 unspecified atom stereocenters. The Balaban J connectivity index is 2.23. The summed E-state index contributed by atoms with van der Waals surface area (Å²) in [5, 5.41) is 0.635. The van der Waals surface area contributed by atoms with Crippen LogP contribution in [0.2, 0.25) is 0 Å². The van der Waals surface area contributed by atoms with Gasteiger partial charge in [-0.15, -0.1) is 11.3 Å². The summed E-state index contributed by atoms with van der Waals surface area (Å²) in [6, 6.07) is 0. The van der Waals surface area contributed by atoms with Gasteiger partial charge in [-0.2, -0.15) is 0 Å². The molecule has 1 aromatic heterocycles. The van der Waals surface area contributed by atoms with Crippen molar-refractivity contribution in [2.24, 2.45) is 5.92 Å². The third kappa shape index (κ3) is 2.53. The molecular weight excluding hydrogens is 246 g/mol. The second kappa shape index (κ2) is 5.74. The Hall–Kier alpha value is -1.03. The van der Waals surface area contributed by atoms with Crippen LogP contribution in [0.1, 0.15) is 53.9 Å². The molecular formula is C14H21NO2S. The zero-order valence-electron chi connectivity index (χ0n) is 11.1. The Morgan fingerprint density at radius 2 is 2.28 bits per heavy atom. The Kier molecular flexibility index (Phi) is 4.27. The number of fused-ring (bicyclic) bond motifs is 1. The molecule has 2 N–H and O–H groups in total. The predicted octanol–water partition coefficient (Wildman–Crippen LogP) is 3.41. The molecule has 4 heteroatoms. The maximum Gasteiger partial charge on any atom is 0.341 e. The van der Waals surface area contributed by atoms with Gasteiger partial charge in [-0.1, -0.05) is 19.8 Å². The van der Waals surface area contributed by atoms with Gasteiger partial charge in [-0.3, -0.25) is 0 Å². The summed E-state index contributed by atoms with van der Waals surface area (Å²) >= 11 is 1.58. The number of nitrogen functional groups attached to an aromatic ring is 1. The molecule has 0 bridgehead atoms. The minimum atomic E-state index is -0.249. The van der Waals surface area contributed by atoms with Crippen molar-refractivity contribution in [1.82, 2.24) is 0 Å². The second-order valence-corrected chi connectivity index (χ2v) is 6.00. The summed E-state index contributed by atoms with van der Waals surface area (Å²) in [6.45, 7) is 4.45. The number of esters is 1. The van der Waals surface area contributed by atoms with Gasteiger partial charge in [-0.25, -0.2) is 4.79 Å². The van der Waals surface area contributed by atoms with Crippen LogP contribution in [-0.4, -0.2) is 12.6 Å². The molecule has 0 saturated heterocycles. The van der Waals surface area contributed by atoms with Gasteiger partial charge in [0.1, 0.15) is 5.00 Å². The van der Waals surface area contributed by atoms with Crippen LogP contribution in [0.25, 0.3) is 0 Å². The molecule has 18 heavy (non-hydrogen) atoms. The van der Waals surface area contributed by atoms with Gasteiger partial charge in [0.05, 0.1) is 12.2 Å². The van der Waals surface area contributed by atoms with Crippen LogP contribution in [0.4, 0.5) is 5.00 Å². The maximum atomic E-state index is 11.9. The Bertz CT molecular complexity index is 439. The Morgan fingerprint density at radius 3 is 2.94 bits per heavy atom. The normalized spacial score (nSPS) is 18.4. The topological polar surface area (TPSA) is 52.3 Å². The van der Waals surface area contributed by atoms with Gasteiger partial charge < -0.3 is 10.5 Å². The molecule has 1 aliphatic carbocycles. The van der Waals surface area contributed by atoms with Gasteiger partial charge in [0.2, 0.25) is 0 Å². The molecule has 0 aliphatic heterocycles. The fourth-order valence-corrected chi connectivity index (χ4v) is 3.98. The highest BCUT2D eigenvalue weighted by atomic mass is 32.1. The highest BCUT2D eigenvalue weighted by molar-refractivity contribution is 7.16. The van der Waals surface area contributed by atoms with E-state index in [-0.39, 0.29) is 5.97 Å². The largest absolute Gasteiger partial charge is 0.462 e. The first kappa shape index (κ1) is 13.4. The van der Waals surface area contributed by atoms with Crippen molar-refractivity contribution >= 4 is 22.3 Å². The molecule has 100 valence electrons. The van der Waals surface area contributed by atoms with E-state index in [4.69, 9.17) is 10.5 Å². The van der Waals surface area contributed by atoms with E-state index >= 15 is 0 Å². The number of carbonyl (C=O) groups is 1. The van der Waals surface area contributed by atoms with Crippen LogP contribution < -0.4 is 5.73 Å². The number of rotatable bonds is 4. The average Bonchev–Trinajstić information content (AvgIpc) is 2.65. The van der Waals surface area contributed by atoms with E-state index in [1.807, 2.05) is 6.92 Å². The van der Waals surface area contributed by atoms with Crippen molar-refractivity contribution in [3.63, 3.8) is 0 Å². The predicted molar refractivity (Wildman–Crippen MR) is 75.1 cm³/mol. The van der Waals surface area contributed by atoms with Crippen LogP contribution in [-0.2, 0) is 17.6 Å². The summed E-state index contributed by atoms with van der Waals surface area (Å²) in [5.41, 5.74) is 7.79. The van der Waals surface area contributed by atoms with Crippen LogP contribution >= 0.6 is 11.3 Å². The Labute approximate surface area is 112 Å². The van der Waals surface area contributed by atoms with Gasteiger partial charge >= 0.3 is 5.97 Å². The molecule has 1 atom stereocenters. The van der Waals surface area contributed by atoms with E-state index in [9.17, 15) is 4.79 Å². The summed E-state index contributed by atoms with van der Waals surface area (Å²) in [5.74, 6) is 0.511. The molecule has 1 heterocycles. The van der Waals surface area contributed by atoms with Crippen molar-refractivity contribution in [2.45, 2.75) is 46.0 Å². The lowest BCUT2D eigenvalue weighted by atomic mass is 9.84. The minimum Gasteiger partial charge on any atom is -0.462 e. The molecule has 0 saturated carbocycles. The molecule has 0 spiro atoms. The van der Waals surface area contributed by atoms with Crippen LogP contribution in [0.15, 0.2) is 0 Å². The zero-order valence-corrected chi connectivity index (χ0v) is 11.9. The van der Waals surface area contributed by atoms with Gasteiger partial charge in [0.25, 0.3) is 0 Å². The number of hydrogen-bond acceptors (Lipinski definition) is 4. The van der Waals surface area contributed by atoms with Gasteiger partial charge in [-0.05, 0) is 37.7 Å². The first-order valence-corrected chi connectivity index (χ1v) is 7.56. The van der Waals surface area contributed by atoms with E-state index in [2.05, 4.69) is 6.92 Å². The van der Waals surface area contributed by atoms with E-state index in [0.29, 0.717) is 17.2 Å². The van der Waals surface area contributed by atoms with Crippen LogP contribution in [0, 0.1) is 5.92 Å². The standard InChI is InChI=1S/C14H21NO2S/c1-3-5-9-6-7-10-11(8-9)18-13(15)12(10)14(16)17-4-2/h9H,3-8,15H2,1-2H3/t9-/m0/s1. The van der Waals surface area contributed by atoms with E-state index < -0.39 is 0 Å². The fraction of sp³-hybridized carbons (Fsp3) is 0.643. The number of ether oxygens (including phenoxy) is 1. The number of nitrogens with two attached hydrogens (primary N) is 1. The molecule has 0 fully saturated rings. The lowest BCUT2D eigenvalue weighted by Gasteiger charge is -2.21. The number of hydrogen-bond donors (Lipinski definition) is 1. The number of carbonyl (C=O) groups excluding carboxylic acids is 1. The van der Waals surface area contributed by atoms with E-state index in [0.717, 1.165) is 24.3 Å². The van der Waals surface area contributed by atoms with Gasteiger partial charge in [0.15, 0.2) is 0 Å². The van der Waals surface area contributed by atoms with Gasteiger partial charge in [0, 0.05) is 4.88 Å². The number of anilines is 1. The third-order valence-electron chi connectivity index (χ3n) is 3.57. The summed E-state index contributed by atoms with van der Waals surface area (Å²) in [7, 11) is 0. The molecule has 0 aromatic carbocycles. The van der Waals surface area contributed by atoms with Crippen LogP contribution in [0.3, 0.4) is 0 Å². The molecule has 1 aromatic rings. The van der Waals surface area contributed by atoms with E-state index in [1.54, 1.807) is 11.3 Å². The number of thiophene rings is 1. The molecule has 3 nitrogen and oxygen atoms in total. The molecule has 0 radical (unpaired) electrons. The minimum absolute atomic E-state index is 0.249. The molecule has 0 amide bonds. The smallest absolute Gasteiger partial charge is 0.341 e. The first-order valence-electron chi connectivity index (χ1n) is 6.74. The summed E-state index contributed by atoms with van der Waals surface area (Å²) < 4.78 is 5.10. The molecule has 2 rings (SSSR count). The van der Waals surface area contributed by atoms with Crippen molar-refractivity contribution in [3.8, 4) is 0 Å². The SMILES string of the molecule is CCC[C@H]1CCc2c(sc(N)c2C(=O)OCC)C1. The van der Waals surface area contributed by atoms with Crippen molar-refractivity contribution in [1.29, 1.82) is 0 Å². The van der Waals surface area contributed by atoms with E-state index in [1.165, 1.54) is 24.1 Å². The average molecular weight is 267 g/mol. The Morgan fingerprint density at radius 1 is 1.50 bits per heavy atom. The highest BCUT2D eigenvalue weighted by Gasteiger charge is 2.28. The fourth-order valence-electron chi connectivity index (χ4n) is 2.76. The van der Waals surface area contributed by atoms with Crippen molar-refractivity contribution in [2.75, 3.05) is 12.3 Å². The summed E-state index contributed by atoms with van der Waals surface area (Å²) in [4.78, 5) is 13.2. The molecule has 1 aliphatic rings. The zero-order chi connectivity index (χ0) is 13.1. The maximum absolute atomic E-state index is 11.9. The summed E-state index contributed by atoms with van der Waals surface area (Å²) in [6.07, 6.45) is 5.72. The third-order valence-corrected chi connectivity index (χ3v) is 4.65. The van der Waals surface area contributed by atoms with Crippen molar-refractivity contribution < 1.29 is 9.53 Å². The monoisotopic (exact) mass is 267 g/mol. The second-order valence-electron chi connectivity index (χ2n) is 4.86. The quantitative estimate of drug-likeness (QED) is 0.850. The first-order chi connectivity index (χ1) is 8.67. The lowest BCUT2D eigenvalue weighted by molar-refractivity contribution is 0.0526.